The van der Waals surface area contributed by atoms with Crippen molar-refractivity contribution < 1.29 is 9.84 Å². The van der Waals surface area contributed by atoms with Gasteiger partial charge < -0.3 is 9.84 Å². The molecule has 104 valence electrons. The summed E-state index contributed by atoms with van der Waals surface area (Å²) in [6.07, 6.45) is 1.36. The second-order valence-corrected chi connectivity index (χ2v) is 5.75. The van der Waals surface area contributed by atoms with Gasteiger partial charge in [0.05, 0.1) is 13.2 Å². The number of aliphatic hydroxyl groups excluding tert-OH is 1. The zero-order valence-electron chi connectivity index (χ0n) is 11.3. The summed E-state index contributed by atoms with van der Waals surface area (Å²) in [6.45, 7) is 0. The van der Waals surface area contributed by atoms with Gasteiger partial charge in [0.25, 0.3) is 0 Å². The predicted molar refractivity (Wildman–Crippen MR) is 80.3 cm³/mol. The molecule has 0 radical (unpaired) electrons. The molecule has 2 aromatic carbocycles. The van der Waals surface area contributed by atoms with Gasteiger partial charge in [-0.2, -0.15) is 0 Å². The van der Waals surface area contributed by atoms with Crippen LogP contribution < -0.4 is 4.74 Å². The summed E-state index contributed by atoms with van der Waals surface area (Å²) in [5, 5.41) is 11.5. The molecular weight excluding hydrogens is 272 g/mol. The van der Waals surface area contributed by atoms with Crippen LogP contribution in [0.1, 0.15) is 30.1 Å². The SMILES string of the molecule is COc1ccc(Cl)cc1C(O)C1(c2ccccc2)CC1. The smallest absolute Gasteiger partial charge is 0.124 e. The van der Waals surface area contributed by atoms with E-state index < -0.39 is 6.10 Å². The quantitative estimate of drug-likeness (QED) is 0.917. The number of rotatable bonds is 4. The molecule has 1 atom stereocenters. The van der Waals surface area contributed by atoms with Crippen molar-refractivity contribution in [1.82, 2.24) is 0 Å². The zero-order chi connectivity index (χ0) is 14.2. The summed E-state index contributed by atoms with van der Waals surface area (Å²) >= 11 is 6.07. The van der Waals surface area contributed by atoms with E-state index in [-0.39, 0.29) is 5.41 Å². The zero-order valence-corrected chi connectivity index (χ0v) is 12.1. The van der Waals surface area contributed by atoms with E-state index in [4.69, 9.17) is 16.3 Å². The van der Waals surface area contributed by atoms with Gasteiger partial charge in [-0.15, -0.1) is 0 Å². The highest BCUT2D eigenvalue weighted by Gasteiger charge is 2.51. The third-order valence-corrected chi connectivity index (χ3v) is 4.38. The first-order valence-electron chi connectivity index (χ1n) is 6.74. The summed E-state index contributed by atoms with van der Waals surface area (Å²) in [6, 6.07) is 15.6. The van der Waals surface area contributed by atoms with Crippen LogP contribution in [0.25, 0.3) is 0 Å². The fourth-order valence-corrected chi connectivity index (χ4v) is 3.02. The normalized spacial score (nSPS) is 17.6. The Morgan fingerprint density at radius 1 is 1.15 bits per heavy atom. The lowest BCUT2D eigenvalue weighted by molar-refractivity contribution is 0.129. The molecule has 0 aromatic heterocycles. The Bertz CT molecular complexity index is 606. The fourth-order valence-electron chi connectivity index (χ4n) is 2.84. The summed E-state index contributed by atoms with van der Waals surface area (Å²) < 4.78 is 5.36. The van der Waals surface area contributed by atoms with E-state index in [2.05, 4.69) is 12.1 Å². The van der Waals surface area contributed by atoms with Gasteiger partial charge in [0.2, 0.25) is 0 Å². The molecule has 3 rings (SSSR count). The van der Waals surface area contributed by atoms with Crippen molar-refractivity contribution >= 4 is 11.6 Å². The van der Waals surface area contributed by atoms with Crippen LogP contribution in [0.4, 0.5) is 0 Å². The Kier molecular flexibility index (Phi) is 3.45. The van der Waals surface area contributed by atoms with Crippen LogP contribution in [-0.2, 0) is 5.41 Å². The molecule has 1 unspecified atom stereocenters. The molecule has 3 heteroatoms. The molecule has 0 spiro atoms. The number of aliphatic hydroxyl groups is 1. The molecule has 0 bridgehead atoms. The Balaban J connectivity index is 2.01. The molecule has 1 aliphatic rings. The lowest BCUT2D eigenvalue weighted by Crippen LogP contribution is -2.19. The van der Waals surface area contributed by atoms with Crippen LogP contribution in [0.5, 0.6) is 5.75 Å². The minimum Gasteiger partial charge on any atom is -0.496 e. The van der Waals surface area contributed by atoms with E-state index in [1.165, 1.54) is 5.56 Å². The first-order valence-corrected chi connectivity index (χ1v) is 7.12. The average molecular weight is 289 g/mol. The van der Waals surface area contributed by atoms with Crippen molar-refractivity contribution in [3.8, 4) is 5.75 Å². The number of ether oxygens (including phenoxy) is 1. The van der Waals surface area contributed by atoms with Crippen molar-refractivity contribution in [2.24, 2.45) is 0 Å². The van der Waals surface area contributed by atoms with Crippen LogP contribution in [0.2, 0.25) is 5.02 Å². The predicted octanol–water partition coefficient (Wildman–Crippen LogP) is 4.11. The minimum absolute atomic E-state index is 0.195. The van der Waals surface area contributed by atoms with Crippen molar-refractivity contribution in [2.45, 2.75) is 24.4 Å². The van der Waals surface area contributed by atoms with Crippen LogP contribution in [0.15, 0.2) is 48.5 Å². The maximum absolute atomic E-state index is 10.9. The molecule has 1 N–H and O–H groups in total. The molecule has 1 saturated carbocycles. The van der Waals surface area contributed by atoms with E-state index in [0.717, 1.165) is 18.4 Å². The van der Waals surface area contributed by atoms with Gasteiger partial charge in [-0.1, -0.05) is 41.9 Å². The Morgan fingerprint density at radius 2 is 1.85 bits per heavy atom. The second-order valence-electron chi connectivity index (χ2n) is 5.31. The molecule has 2 aromatic rings. The summed E-state index contributed by atoms with van der Waals surface area (Å²) in [5.74, 6) is 0.684. The van der Waals surface area contributed by atoms with Crippen LogP contribution in [0, 0.1) is 0 Å². The maximum atomic E-state index is 10.9. The summed E-state index contributed by atoms with van der Waals surface area (Å²) in [5.41, 5.74) is 1.75. The number of benzene rings is 2. The van der Waals surface area contributed by atoms with Crippen LogP contribution in [-0.4, -0.2) is 12.2 Å². The van der Waals surface area contributed by atoms with Gasteiger partial charge in [0, 0.05) is 16.0 Å². The minimum atomic E-state index is -0.599. The molecule has 0 amide bonds. The van der Waals surface area contributed by atoms with Crippen molar-refractivity contribution in [3.05, 3.63) is 64.7 Å². The van der Waals surface area contributed by atoms with E-state index >= 15 is 0 Å². The van der Waals surface area contributed by atoms with E-state index in [9.17, 15) is 5.11 Å². The highest BCUT2D eigenvalue weighted by Crippen LogP contribution is 2.57. The highest BCUT2D eigenvalue weighted by atomic mass is 35.5. The third-order valence-electron chi connectivity index (χ3n) is 4.15. The highest BCUT2D eigenvalue weighted by molar-refractivity contribution is 6.30. The monoisotopic (exact) mass is 288 g/mol. The molecule has 1 fully saturated rings. The molecule has 1 aliphatic carbocycles. The first-order chi connectivity index (χ1) is 9.67. The van der Waals surface area contributed by atoms with Crippen molar-refractivity contribution in [2.75, 3.05) is 7.11 Å². The largest absolute Gasteiger partial charge is 0.496 e. The summed E-state index contributed by atoms with van der Waals surface area (Å²) in [4.78, 5) is 0. The van der Waals surface area contributed by atoms with E-state index in [1.54, 1.807) is 19.2 Å². The molecule has 0 aliphatic heterocycles. The number of hydrogen-bond donors (Lipinski definition) is 1. The first kappa shape index (κ1) is 13.5. The van der Waals surface area contributed by atoms with Gasteiger partial charge in [0.1, 0.15) is 5.75 Å². The number of hydrogen-bond acceptors (Lipinski definition) is 2. The Labute approximate surface area is 124 Å². The number of halogens is 1. The van der Waals surface area contributed by atoms with Crippen LogP contribution >= 0.6 is 11.6 Å². The topological polar surface area (TPSA) is 29.5 Å². The van der Waals surface area contributed by atoms with Gasteiger partial charge in [-0.3, -0.25) is 0 Å². The van der Waals surface area contributed by atoms with Gasteiger partial charge in [0.15, 0.2) is 0 Å². The van der Waals surface area contributed by atoms with Crippen molar-refractivity contribution in [1.29, 1.82) is 0 Å². The molecule has 0 saturated heterocycles. The standard InChI is InChI=1S/C17H17ClO2/c1-20-15-8-7-13(18)11-14(15)16(19)17(9-10-17)12-5-3-2-4-6-12/h2-8,11,16,19H,9-10H2,1H3. The van der Waals surface area contributed by atoms with E-state index in [0.29, 0.717) is 10.8 Å². The van der Waals surface area contributed by atoms with Crippen LogP contribution in [0.3, 0.4) is 0 Å². The molecule has 20 heavy (non-hydrogen) atoms. The Hall–Kier alpha value is -1.51. The average Bonchev–Trinajstić information content (AvgIpc) is 3.29. The molecule has 2 nitrogen and oxygen atoms in total. The van der Waals surface area contributed by atoms with Gasteiger partial charge >= 0.3 is 0 Å². The lowest BCUT2D eigenvalue weighted by Gasteiger charge is -2.25. The van der Waals surface area contributed by atoms with E-state index in [1.807, 2.05) is 24.3 Å². The van der Waals surface area contributed by atoms with Gasteiger partial charge in [-0.25, -0.2) is 0 Å². The van der Waals surface area contributed by atoms with Crippen molar-refractivity contribution in [3.63, 3.8) is 0 Å². The number of methoxy groups -OCH3 is 1. The fraction of sp³-hybridized carbons (Fsp3) is 0.294. The molecular formula is C17H17ClO2. The van der Waals surface area contributed by atoms with Gasteiger partial charge in [-0.05, 0) is 36.6 Å². The third kappa shape index (κ3) is 2.19. The Morgan fingerprint density at radius 3 is 2.45 bits per heavy atom. The molecule has 0 heterocycles. The lowest BCUT2D eigenvalue weighted by atomic mass is 9.85. The maximum Gasteiger partial charge on any atom is 0.124 e. The second kappa shape index (κ2) is 5.12. The summed E-state index contributed by atoms with van der Waals surface area (Å²) in [7, 11) is 1.61.